The maximum atomic E-state index is 7.49. The van der Waals surface area contributed by atoms with E-state index in [1.165, 1.54) is 19.3 Å². The van der Waals surface area contributed by atoms with Crippen molar-refractivity contribution in [1.82, 2.24) is 0 Å². The summed E-state index contributed by atoms with van der Waals surface area (Å²) in [6.45, 7) is 4.05. The Bertz CT molecular complexity index is 425. The molecule has 18 heavy (non-hydrogen) atoms. The van der Waals surface area contributed by atoms with Crippen LogP contribution in [0.15, 0.2) is 12.1 Å². The van der Waals surface area contributed by atoms with Crippen LogP contribution in [0, 0.1) is 19.3 Å². The summed E-state index contributed by atoms with van der Waals surface area (Å²) >= 11 is 0. The van der Waals surface area contributed by atoms with E-state index < -0.39 is 0 Å². The van der Waals surface area contributed by atoms with E-state index in [1.807, 2.05) is 26.0 Å². The number of aryl methyl sites for hydroxylation is 2. The summed E-state index contributed by atoms with van der Waals surface area (Å²) in [4.78, 5) is 0. The minimum Gasteiger partial charge on any atom is -0.490 e. The SMILES string of the molecule is Cc1cc(C(=N)N)cc(C)c1OC1CCCCC1. The van der Waals surface area contributed by atoms with Crippen molar-refractivity contribution in [3.05, 3.63) is 28.8 Å². The first kappa shape index (κ1) is 12.9. The van der Waals surface area contributed by atoms with E-state index >= 15 is 0 Å². The molecule has 1 saturated carbocycles. The fourth-order valence-corrected chi connectivity index (χ4v) is 2.64. The fourth-order valence-electron chi connectivity index (χ4n) is 2.64. The van der Waals surface area contributed by atoms with E-state index in [4.69, 9.17) is 15.9 Å². The lowest BCUT2D eigenvalue weighted by atomic mass is 9.97. The van der Waals surface area contributed by atoms with Gasteiger partial charge in [-0.15, -0.1) is 0 Å². The third-order valence-electron chi connectivity index (χ3n) is 3.61. The van der Waals surface area contributed by atoms with Crippen LogP contribution < -0.4 is 10.5 Å². The molecule has 3 N–H and O–H groups in total. The summed E-state index contributed by atoms with van der Waals surface area (Å²) in [6.07, 6.45) is 6.56. The molecule has 3 nitrogen and oxygen atoms in total. The average molecular weight is 246 g/mol. The fraction of sp³-hybridized carbons (Fsp3) is 0.533. The molecule has 0 bridgehead atoms. The Balaban J connectivity index is 2.19. The number of nitrogens with one attached hydrogen (secondary N) is 1. The zero-order valence-electron chi connectivity index (χ0n) is 11.3. The summed E-state index contributed by atoms with van der Waals surface area (Å²) in [5.74, 6) is 1.09. The second kappa shape index (κ2) is 5.42. The van der Waals surface area contributed by atoms with E-state index in [-0.39, 0.29) is 5.84 Å². The number of hydrogen-bond donors (Lipinski definition) is 2. The monoisotopic (exact) mass is 246 g/mol. The van der Waals surface area contributed by atoms with Crippen LogP contribution in [0.3, 0.4) is 0 Å². The molecular formula is C15H22N2O. The zero-order chi connectivity index (χ0) is 13.1. The lowest BCUT2D eigenvalue weighted by Gasteiger charge is -2.25. The first-order valence-electron chi connectivity index (χ1n) is 6.70. The Kier molecular flexibility index (Phi) is 3.90. The van der Waals surface area contributed by atoms with Gasteiger partial charge in [0.25, 0.3) is 0 Å². The topological polar surface area (TPSA) is 59.1 Å². The number of hydrogen-bond acceptors (Lipinski definition) is 2. The third-order valence-corrected chi connectivity index (χ3v) is 3.61. The molecule has 2 rings (SSSR count). The Morgan fingerprint density at radius 1 is 1.17 bits per heavy atom. The van der Waals surface area contributed by atoms with Gasteiger partial charge < -0.3 is 10.5 Å². The van der Waals surface area contributed by atoms with Crippen LogP contribution in [0.4, 0.5) is 0 Å². The minimum absolute atomic E-state index is 0.116. The molecule has 1 aromatic carbocycles. The van der Waals surface area contributed by atoms with Gasteiger partial charge in [-0.3, -0.25) is 5.41 Å². The first-order valence-corrected chi connectivity index (χ1v) is 6.70. The molecule has 1 aromatic rings. The molecule has 1 aliphatic carbocycles. The van der Waals surface area contributed by atoms with E-state index in [1.54, 1.807) is 0 Å². The molecule has 0 saturated heterocycles. The smallest absolute Gasteiger partial charge is 0.125 e. The van der Waals surface area contributed by atoms with Crippen molar-refractivity contribution in [2.75, 3.05) is 0 Å². The normalized spacial score (nSPS) is 16.6. The highest BCUT2D eigenvalue weighted by Crippen LogP contribution is 2.29. The molecule has 0 spiro atoms. The highest BCUT2D eigenvalue weighted by molar-refractivity contribution is 5.95. The van der Waals surface area contributed by atoms with Gasteiger partial charge >= 0.3 is 0 Å². The number of ether oxygens (including phenoxy) is 1. The van der Waals surface area contributed by atoms with Crippen LogP contribution in [-0.4, -0.2) is 11.9 Å². The van der Waals surface area contributed by atoms with Crippen molar-refractivity contribution in [3.8, 4) is 5.75 Å². The maximum Gasteiger partial charge on any atom is 0.125 e. The molecule has 0 unspecified atom stereocenters. The summed E-state index contributed by atoms with van der Waals surface area (Å²) in [5, 5.41) is 7.49. The summed E-state index contributed by atoms with van der Waals surface area (Å²) in [7, 11) is 0. The standard InChI is InChI=1S/C15H22N2O/c1-10-8-12(15(16)17)9-11(2)14(10)18-13-6-4-3-5-7-13/h8-9,13H,3-7H2,1-2H3,(H3,16,17). The van der Waals surface area contributed by atoms with E-state index in [2.05, 4.69) is 0 Å². The van der Waals surface area contributed by atoms with Crippen molar-refractivity contribution in [2.24, 2.45) is 5.73 Å². The second-order valence-corrected chi connectivity index (χ2v) is 5.23. The molecule has 0 atom stereocenters. The van der Waals surface area contributed by atoms with Gasteiger partial charge in [-0.2, -0.15) is 0 Å². The quantitative estimate of drug-likeness (QED) is 0.635. The summed E-state index contributed by atoms with van der Waals surface area (Å²) in [5.41, 5.74) is 8.46. The van der Waals surface area contributed by atoms with Gasteiger partial charge in [0.05, 0.1) is 6.10 Å². The summed E-state index contributed by atoms with van der Waals surface area (Å²) in [6, 6.07) is 3.88. The molecule has 0 aromatic heterocycles. The number of benzene rings is 1. The van der Waals surface area contributed by atoms with Gasteiger partial charge in [-0.05, 0) is 62.8 Å². The minimum atomic E-state index is 0.116. The molecule has 98 valence electrons. The molecule has 1 fully saturated rings. The lowest BCUT2D eigenvalue weighted by molar-refractivity contribution is 0.153. The average Bonchev–Trinajstić information content (AvgIpc) is 2.34. The molecular weight excluding hydrogens is 224 g/mol. The van der Waals surface area contributed by atoms with Gasteiger partial charge in [0.1, 0.15) is 11.6 Å². The van der Waals surface area contributed by atoms with Crippen molar-refractivity contribution >= 4 is 5.84 Å². The number of amidine groups is 1. The van der Waals surface area contributed by atoms with Crippen molar-refractivity contribution in [3.63, 3.8) is 0 Å². The van der Waals surface area contributed by atoms with Gasteiger partial charge in [-0.1, -0.05) is 6.42 Å². The predicted octanol–water partition coefficient (Wildman–Crippen LogP) is 3.30. The van der Waals surface area contributed by atoms with E-state index in [0.717, 1.165) is 35.3 Å². The second-order valence-electron chi connectivity index (χ2n) is 5.23. The number of nitrogens with two attached hydrogens (primary N) is 1. The van der Waals surface area contributed by atoms with Crippen LogP contribution in [-0.2, 0) is 0 Å². The zero-order valence-corrected chi connectivity index (χ0v) is 11.3. The highest BCUT2D eigenvalue weighted by Gasteiger charge is 2.17. The van der Waals surface area contributed by atoms with Crippen molar-refractivity contribution in [2.45, 2.75) is 52.1 Å². The van der Waals surface area contributed by atoms with Gasteiger partial charge in [0, 0.05) is 5.56 Å². The van der Waals surface area contributed by atoms with Crippen LogP contribution in [0.5, 0.6) is 5.75 Å². The Hall–Kier alpha value is -1.51. The van der Waals surface area contributed by atoms with Crippen LogP contribution in [0.2, 0.25) is 0 Å². The summed E-state index contributed by atoms with van der Waals surface area (Å²) < 4.78 is 6.14. The van der Waals surface area contributed by atoms with Crippen LogP contribution >= 0.6 is 0 Å². The van der Waals surface area contributed by atoms with Gasteiger partial charge in [-0.25, -0.2) is 0 Å². The molecule has 0 heterocycles. The molecule has 0 aliphatic heterocycles. The number of nitrogen functional groups attached to an aromatic ring is 1. The Labute approximate surface area is 109 Å². The Morgan fingerprint density at radius 3 is 2.22 bits per heavy atom. The Morgan fingerprint density at radius 2 is 1.72 bits per heavy atom. The first-order chi connectivity index (χ1) is 8.58. The van der Waals surface area contributed by atoms with E-state index in [9.17, 15) is 0 Å². The molecule has 1 aliphatic rings. The molecule has 0 amide bonds. The van der Waals surface area contributed by atoms with E-state index in [0.29, 0.717) is 6.10 Å². The molecule has 0 radical (unpaired) electrons. The van der Waals surface area contributed by atoms with Crippen molar-refractivity contribution < 1.29 is 4.74 Å². The van der Waals surface area contributed by atoms with Crippen molar-refractivity contribution in [1.29, 1.82) is 5.41 Å². The predicted molar refractivity (Wildman–Crippen MR) is 74.4 cm³/mol. The molecule has 3 heteroatoms. The van der Waals surface area contributed by atoms with Gasteiger partial charge in [0.15, 0.2) is 0 Å². The lowest BCUT2D eigenvalue weighted by Crippen LogP contribution is -2.21. The largest absolute Gasteiger partial charge is 0.490 e. The highest BCUT2D eigenvalue weighted by atomic mass is 16.5. The van der Waals surface area contributed by atoms with Crippen LogP contribution in [0.1, 0.15) is 48.8 Å². The maximum absolute atomic E-state index is 7.49. The van der Waals surface area contributed by atoms with Crippen LogP contribution in [0.25, 0.3) is 0 Å². The number of rotatable bonds is 3. The third kappa shape index (κ3) is 2.84. The van der Waals surface area contributed by atoms with Gasteiger partial charge in [0.2, 0.25) is 0 Å².